The van der Waals surface area contributed by atoms with E-state index in [0.29, 0.717) is 12.4 Å². The van der Waals surface area contributed by atoms with Crippen LogP contribution in [0.15, 0.2) is 47.5 Å². The summed E-state index contributed by atoms with van der Waals surface area (Å²) < 4.78 is 27.1. The molecule has 0 atom stereocenters. The van der Waals surface area contributed by atoms with Gasteiger partial charge in [-0.15, -0.1) is 0 Å². The van der Waals surface area contributed by atoms with E-state index in [1.165, 1.54) is 18.3 Å². The maximum absolute atomic E-state index is 12.4. The van der Waals surface area contributed by atoms with Gasteiger partial charge in [-0.25, -0.2) is 13.4 Å². The van der Waals surface area contributed by atoms with Crippen LogP contribution in [0.2, 0.25) is 0 Å². The van der Waals surface area contributed by atoms with Gasteiger partial charge in [0.05, 0.1) is 16.1 Å². The number of nitriles is 1. The van der Waals surface area contributed by atoms with Gasteiger partial charge in [-0.2, -0.15) is 5.26 Å². The van der Waals surface area contributed by atoms with Crippen LogP contribution >= 0.6 is 0 Å². The highest BCUT2D eigenvalue weighted by molar-refractivity contribution is 7.92. The van der Waals surface area contributed by atoms with E-state index in [4.69, 9.17) is 5.26 Å². The molecule has 0 saturated carbocycles. The summed E-state index contributed by atoms with van der Waals surface area (Å²) in [5.41, 5.74) is 0.517. The number of sulfonamides is 1. The summed E-state index contributed by atoms with van der Waals surface area (Å²) >= 11 is 0. The molecule has 1 aromatic heterocycles. The van der Waals surface area contributed by atoms with Gasteiger partial charge in [0.25, 0.3) is 10.0 Å². The standard InChI is InChI=1S/C14H14N4O2S/c1-2-16-14-9-12(7-8-17-14)21(19,20)18-13-6-4-3-5-11(13)10-15/h3-9,18H,2H2,1H3,(H,16,17). The minimum atomic E-state index is -3.77. The highest BCUT2D eigenvalue weighted by atomic mass is 32.2. The van der Waals surface area contributed by atoms with Gasteiger partial charge in [-0.1, -0.05) is 12.1 Å². The largest absolute Gasteiger partial charge is 0.370 e. The SMILES string of the molecule is CCNc1cc(S(=O)(=O)Nc2ccccc2C#N)ccn1. The number of rotatable bonds is 5. The van der Waals surface area contributed by atoms with Crippen LogP contribution in [-0.4, -0.2) is 19.9 Å². The van der Waals surface area contributed by atoms with Crippen molar-refractivity contribution in [1.29, 1.82) is 5.26 Å². The lowest BCUT2D eigenvalue weighted by Gasteiger charge is -2.10. The molecule has 2 aromatic rings. The van der Waals surface area contributed by atoms with E-state index in [1.54, 1.807) is 24.3 Å². The second-order valence-electron chi connectivity index (χ2n) is 4.17. The number of nitrogens with one attached hydrogen (secondary N) is 2. The quantitative estimate of drug-likeness (QED) is 0.882. The second kappa shape index (κ2) is 6.24. The lowest BCUT2D eigenvalue weighted by molar-refractivity contribution is 0.601. The van der Waals surface area contributed by atoms with Crippen LogP contribution in [-0.2, 0) is 10.0 Å². The second-order valence-corrected chi connectivity index (χ2v) is 5.85. The minimum Gasteiger partial charge on any atom is -0.370 e. The fourth-order valence-electron chi connectivity index (χ4n) is 1.73. The van der Waals surface area contributed by atoms with Crippen LogP contribution in [0, 0.1) is 11.3 Å². The first-order chi connectivity index (χ1) is 10.1. The maximum Gasteiger partial charge on any atom is 0.262 e. The number of hydrogen-bond donors (Lipinski definition) is 2. The Balaban J connectivity index is 2.35. The van der Waals surface area contributed by atoms with Crippen molar-refractivity contribution >= 4 is 21.5 Å². The zero-order valence-corrected chi connectivity index (χ0v) is 12.2. The fourth-order valence-corrected chi connectivity index (χ4v) is 2.82. The molecule has 0 bridgehead atoms. The van der Waals surface area contributed by atoms with E-state index < -0.39 is 10.0 Å². The van der Waals surface area contributed by atoms with Crippen molar-refractivity contribution in [1.82, 2.24) is 4.98 Å². The molecule has 0 spiro atoms. The Labute approximate surface area is 123 Å². The number of hydrogen-bond acceptors (Lipinski definition) is 5. The van der Waals surface area contributed by atoms with E-state index in [1.807, 2.05) is 13.0 Å². The third-order valence-corrected chi connectivity index (χ3v) is 4.05. The number of para-hydroxylation sites is 1. The molecule has 108 valence electrons. The minimum absolute atomic E-state index is 0.0844. The van der Waals surface area contributed by atoms with Crippen molar-refractivity contribution in [2.45, 2.75) is 11.8 Å². The first-order valence-electron chi connectivity index (χ1n) is 6.28. The molecule has 1 heterocycles. The van der Waals surface area contributed by atoms with Gasteiger partial charge in [-0.3, -0.25) is 4.72 Å². The van der Waals surface area contributed by atoms with Gasteiger partial charge in [0.1, 0.15) is 11.9 Å². The third-order valence-electron chi connectivity index (χ3n) is 2.69. The summed E-state index contributed by atoms with van der Waals surface area (Å²) in [5.74, 6) is 0.481. The Kier molecular flexibility index (Phi) is 4.40. The normalized spacial score (nSPS) is 10.7. The molecule has 1 aromatic carbocycles. The average molecular weight is 302 g/mol. The first kappa shape index (κ1) is 14.8. The molecule has 0 fully saturated rings. The maximum atomic E-state index is 12.4. The van der Waals surface area contributed by atoms with Gasteiger partial charge in [0.2, 0.25) is 0 Å². The smallest absolute Gasteiger partial charge is 0.262 e. The molecule has 2 rings (SSSR count). The molecule has 21 heavy (non-hydrogen) atoms. The highest BCUT2D eigenvalue weighted by Crippen LogP contribution is 2.20. The highest BCUT2D eigenvalue weighted by Gasteiger charge is 2.16. The van der Waals surface area contributed by atoms with Crippen molar-refractivity contribution in [2.75, 3.05) is 16.6 Å². The predicted molar refractivity (Wildman–Crippen MR) is 80.4 cm³/mol. The monoisotopic (exact) mass is 302 g/mol. The van der Waals surface area contributed by atoms with Crippen LogP contribution in [0.1, 0.15) is 12.5 Å². The van der Waals surface area contributed by atoms with Gasteiger partial charge >= 0.3 is 0 Å². The van der Waals surface area contributed by atoms with Crippen LogP contribution in [0.25, 0.3) is 0 Å². The predicted octanol–water partition coefficient (Wildman–Crippen LogP) is 2.19. The summed E-state index contributed by atoms with van der Waals surface area (Å²) in [6, 6.07) is 11.2. The van der Waals surface area contributed by atoms with Crippen LogP contribution in [0.5, 0.6) is 0 Å². The fraction of sp³-hybridized carbons (Fsp3) is 0.143. The Morgan fingerprint density at radius 2 is 2.05 bits per heavy atom. The topological polar surface area (TPSA) is 94.9 Å². The molecule has 0 radical (unpaired) electrons. The third kappa shape index (κ3) is 3.49. The Morgan fingerprint density at radius 1 is 1.29 bits per heavy atom. The summed E-state index contributed by atoms with van der Waals surface area (Å²) in [5, 5.41) is 11.9. The molecule has 2 N–H and O–H groups in total. The zero-order valence-electron chi connectivity index (χ0n) is 11.4. The van der Waals surface area contributed by atoms with Crippen LogP contribution in [0.3, 0.4) is 0 Å². The summed E-state index contributed by atoms with van der Waals surface area (Å²) in [6.45, 7) is 2.53. The van der Waals surface area contributed by atoms with E-state index >= 15 is 0 Å². The van der Waals surface area contributed by atoms with Crippen molar-refractivity contribution < 1.29 is 8.42 Å². The first-order valence-corrected chi connectivity index (χ1v) is 7.77. The number of pyridine rings is 1. The van der Waals surface area contributed by atoms with Gasteiger partial charge in [-0.05, 0) is 25.1 Å². The van der Waals surface area contributed by atoms with E-state index in [-0.39, 0.29) is 16.1 Å². The summed E-state index contributed by atoms with van der Waals surface area (Å²) in [7, 11) is -3.77. The van der Waals surface area contributed by atoms with Gasteiger partial charge in [0.15, 0.2) is 0 Å². The molecule has 7 heteroatoms. The van der Waals surface area contributed by atoms with E-state index in [9.17, 15) is 8.42 Å². The molecular weight excluding hydrogens is 288 g/mol. The molecule has 0 saturated heterocycles. The van der Waals surface area contributed by atoms with Crippen LogP contribution in [0.4, 0.5) is 11.5 Å². The van der Waals surface area contributed by atoms with Crippen LogP contribution < -0.4 is 10.0 Å². The van der Waals surface area contributed by atoms with Crippen molar-refractivity contribution in [3.8, 4) is 6.07 Å². The molecule has 0 aliphatic heterocycles. The molecular formula is C14H14N4O2S. The molecule has 0 aliphatic rings. The molecule has 6 nitrogen and oxygen atoms in total. The number of aromatic nitrogens is 1. The number of nitrogens with zero attached hydrogens (tertiary/aromatic N) is 2. The van der Waals surface area contributed by atoms with Crippen molar-refractivity contribution in [2.24, 2.45) is 0 Å². The Morgan fingerprint density at radius 3 is 2.76 bits per heavy atom. The molecule has 0 unspecified atom stereocenters. The Hall–Kier alpha value is -2.59. The average Bonchev–Trinajstić information content (AvgIpc) is 2.48. The lowest BCUT2D eigenvalue weighted by atomic mass is 10.2. The Bertz CT molecular complexity index is 782. The number of benzene rings is 1. The summed E-state index contributed by atoms with van der Waals surface area (Å²) in [4.78, 5) is 4.11. The molecule has 0 amide bonds. The molecule has 0 aliphatic carbocycles. The van der Waals surface area contributed by atoms with Gasteiger partial charge < -0.3 is 5.32 Å². The van der Waals surface area contributed by atoms with E-state index in [2.05, 4.69) is 15.0 Å². The van der Waals surface area contributed by atoms with Gasteiger partial charge in [0, 0.05) is 18.8 Å². The number of anilines is 2. The summed E-state index contributed by atoms with van der Waals surface area (Å²) in [6.07, 6.45) is 1.42. The van der Waals surface area contributed by atoms with Crippen molar-refractivity contribution in [3.63, 3.8) is 0 Å². The van der Waals surface area contributed by atoms with E-state index in [0.717, 1.165) is 0 Å². The lowest BCUT2D eigenvalue weighted by Crippen LogP contribution is -2.14. The van der Waals surface area contributed by atoms with Crippen molar-refractivity contribution in [3.05, 3.63) is 48.2 Å². The zero-order chi connectivity index (χ0) is 15.3.